The van der Waals surface area contributed by atoms with Gasteiger partial charge in [0.25, 0.3) is 0 Å². The standard InChI is InChI=1S/C16H30N4O.HI/c1-6-17-15(18-9-12-20-10-7-8-11-20)19-13-14(21-5)16(2,3)4;/h7-8,10-11,14H,6,9,12-13H2,1-5H3,(H2,17,18,19);1H. The minimum Gasteiger partial charge on any atom is -0.379 e. The summed E-state index contributed by atoms with van der Waals surface area (Å²) in [6.45, 7) is 11.8. The number of aromatic nitrogens is 1. The maximum Gasteiger partial charge on any atom is 0.191 e. The van der Waals surface area contributed by atoms with Gasteiger partial charge in [-0.05, 0) is 24.5 Å². The molecule has 0 aliphatic rings. The van der Waals surface area contributed by atoms with Gasteiger partial charge in [0.2, 0.25) is 0 Å². The highest BCUT2D eigenvalue weighted by atomic mass is 127. The molecule has 1 rings (SSSR count). The second-order valence-corrected chi connectivity index (χ2v) is 6.16. The van der Waals surface area contributed by atoms with E-state index in [2.05, 4.69) is 60.3 Å². The van der Waals surface area contributed by atoms with Crippen LogP contribution in [0.5, 0.6) is 0 Å². The zero-order valence-electron chi connectivity index (χ0n) is 14.4. The van der Waals surface area contributed by atoms with Crippen molar-refractivity contribution in [3.63, 3.8) is 0 Å². The molecule has 5 nitrogen and oxygen atoms in total. The van der Waals surface area contributed by atoms with Crippen LogP contribution in [-0.4, -0.2) is 43.4 Å². The molecule has 0 fully saturated rings. The summed E-state index contributed by atoms with van der Waals surface area (Å²) in [5.74, 6) is 0.843. The first kappa shape index (κ1) is 21.2. The van der Waals surface area contributed by atoms with Gasteiger partial charge < -0.3 is 19.9 Å². The lowest BCUT2D eigenvalue weighted by Gasteiger charge is -2.28. The molecule has 0 aromatic carbocycles. The summed E-state index contributed by atoms with van der Waals surface area (Å²) in [7, 11) is 1.75. The van der Waals surface area contributed by atoms with Gasteiger partial charge in [-0.15, -0.1) is 24.0 Å². The summed E-state index contributed by atoms with van der Waals surface area (Å²) in [6.07, 6.45) is 4.23. The van der Waals surface area contributed by atoms with Crippen LogP contribution in [0, 0.1) is 5.41 Å². The Balaban J connectivity index is 0.00000441. The molecule has 2 N–H and O–H groups in total. The third kappa shape index (κ3) is 8.03. The van der Waals surface area contributed by atoms with Gasteiger partial charge in [0.15, 0.2) is 5.96 Å². The average molecular weight is 422 g/mol. The van der Waals surface area contributed by atoms with E-state index >= 15 is 0 Å². The molecule has 0 saturated heterocycles. The van der Waals surface area contributed by atoms with Crippen LogP contribution in [0.4, 0.5) is 0 Å². The summed E-state index contributed by atoms with van der Waals surface area (Å²) in [5.41, 5.74) is 0.0840. The molecule has 0 aliphatic heterocycles. The molecule has 0 amide bonds. The Bertz CT molecular complexity index is 412. The molecular formula is C16H31IN4O. The number of ether oxygens (including phenoxy) is 1. The Morgan fingerprint density at radius 1 is 1.23 bits per heavy atom. The van der Waals surface area contributed by atoms with E-state index in [0.29, 0.717) is 6.54 Å². The predicted molar refractivity (Wildman–Crippen MR) is 104 cm³/mol. The second-order valence-electron chi connectivity index (χ2n) is 6.16. The fourth-order valence-electron chi connectivity index (χ4n) is 2.04. The smallest absolute Gasteiger partial charge is 0.191 e. The van der Waals surface area contributed by atoms with Crippen LogP contribution >= 0.6 is 24.0 Å². The minimum atomic E-state index is 0. The van der Waals surface area contributed by atoms with Crippen molar-refractivity contribution in [2.75, 3.05) is 26.7 Å². The lowest BCUT2D eigenvalue weighted by molar-refractivity contribution is 0.0241. The van der Waals surface area contributed by atoms with Crippen LogP contribution in [0.3, 0.4) is 0 Å². The number of nitrogens with one attached hydrogen (secondary N) is 2. The van der Waals surface area contributed by atoms with E-state index in [1.807, 2.05) is 12.1 Å². The van der Waals surface area contributed by atoms with Crippen LogP contribution < -0.4 is 10.6 Å². The Morgan fingerprint density at radius 3 is 2.36 bits per heavy atom. The van der Waals surface area contributed by atoms with Gasteiger partial charge >= 0.3 is 0 Å². The Morgan fingerprint density at radius 2 is 1.86 bits per heavy atom. The molecular weight excluding hydrogens is 391 g/mol. The number of halogens is 1. The van der Waals surface area contributed by atoms with E-state index in [1.165, 1.54) is 0 Å². The minimum absolute atomic E-state index is 0. The number of aliphatic imine (C=N–C) groups is 1. The van der Waals surface area contributed by atoms with Crippen LogP contribution in [0.25, 0.3) is 0 Å². The average Bonchev–Trinajstić information content (AvgIpc) is 2.91. The van der Waals surface area contributed by atoms with E-state index < -0.39 is 0 Å². The van der Waals surface area contributed by atoms with Crippen LogP contribution in [0.15, 0.2) is 29.5 Å². The van der Waals surface area contributed by atoms with Crippen molar-refractivity contribution in [2.45, 2.75) is 40.3 Å². The normalized spacial score (nSPS) is 13.4. The zero-order chi connectivity index (χ0) is 15.7. The van der Waals surface area contributed by atoms with Crippen molar-refractivity contribution in [1.29, 1.82) is 0 Å². The van der Waals surface area contributed by atoms with Gasteiger partial charge in [0.1, 0.15) is 0 Å². The van der Waals surface area contributed by atoms with Crippen LogP contribution in [0.1, 0.15) is 27.7 Å². The summed E-state index contributed by atoms with van der Waals surface area (Å²) in [5, 5.41) is 6.62. The molecule has 1 atom stereocenters. The summed E-state index contributed by atoms with van der Waals surface area (Å²) in [6, 6.07) is 4.07. The second kappa shape index (κ2) is 10.9. The number of hydrogen-bond acceptors (Lipinski definition) is 2. The Labute approximate surface area is 151 Å². The van der Waals surface area contributed by atoms with Gasteiger partial charge in [-0.2, -0.15) is 0 Å². The molecule has 0 spiro atoms. The highest BCUT2D eigenvalue weighted by Gasteiger charge is 2.23. The third-order valence-electron chi connectivity index (χ3n) is 3.34. The fourth-order valence-corrected chi connectivity index (χ4v) is 2.04. The summed E-state index contributed by atoms with van der Waals surface area (Å²) < 4.78 is 7.68. The third-order valence-corrected chi connectivity index (χ3v) is 3.34. The molecule has 0 bridgehead atoms. The number of nitrogens with zero attached hydrogens (tertiary/aromatic N) is 2. The topological polar surface area (TPSA) is 50.6 Å². The van der Waals surface area contributed by atoms with Gasteiger partial charge in [-0.1, -0.05) is 20.8 Å². The van der Waals surface area contributed by atoms with Gasteiger partial charge in [-0.25, -0.2) is 0 Å². The van der Waals surface area contributed by atoms with E-state index in [-0.39, 0.29) is 35.5 Å². The fraction of sp³-hybridized carbons (Fsp3) is 0.688. The maximum absolute atomic E-state index is 5.54. The van der Waals surface area contributed by atoms with E-state index in [0.717, 1.165) is 25.6 Å². The van der Waals surface area contributed by atoms with Crippen molar-refractivity contribution in [2.24, 2.45) is 10.4 Å². The van der Waals surface area contributed by atoms with E-state index in [1.54, 1.807) is 7.11 Å². The first-order valence-electron chi connectivity index (χ1n) is 7.63. The molecule has 1 aromatic heterocycles. The predicted octanol–water partition coefficient (Wildman–Crippen LogP) is 2.72. The number of hydrogen-bond donors (Lipinski definition) is 2. The van der Waals surface area contributed by atoms with Crippen molar-refractivity contribution in [1.82, 2.24) is 15.2 Å². The van der Waals surface area contributed by atoms with E-state index in [4.69, 9.17) is 4.74 Å². The van der Waals surface area contributed by atoms with Crippen molar-refractivity contribution in [3.05, 3.63) is 24.5 Å². The van der Waals surface area contributed by atoms with Crippen molar-refractivity contribution < 1.29 is 4.74 Å². The largest absolute Gasteiger partial charge is 0.379 e. The molecule has 1 aromatic rings. The van der Waals surface area contributed by atoms with Crippen molar-refractivity contribution in [3.8, 4) is 0 Å². The molecule has 0 radical (unpaired) electrons. The SMILES string of the molecule is CCNC(=NCC(OC)C(C)(C)C)NCCn1cccc1.I. The van der Waals surface area contributed by atoms with Crippen LogP contribution in [0.2, 0.25) is 0 Å². The van der Waals surface area contributed by atoms with Crippen molar-refractivity contribution >= 4 is 29.9 Å². The molecule has 1 heterocycles. The van der Waals surface area contributed by atoms with Gasteiger partial charge in [-0.3, -0.25) is 4.99 Å². The zero-order valence-corrected chi connectivity index (χ0v) is 16.8. The Kier molecular flexibility index (Phi) is 10.5. The summed E-state index contributed by atoms with van der Waals surface area (Å²) >= 11 is 0. The Hall–Kier alpha value is -0.760. The number of guanidine groups is 1. The highest BCUT2D eigenvalue weighted by Crippen LogP contribution is 2.21. The molecule has 6 heteroatoms. The lowest BCUT2D eigenvalue weighted by Crippen LogP contribution is -2.40. The lowest BCUT2D eigenvalue weighted by atomic mass is 9.89. The maximum atomic E-state index is 5.54. The first-order chi connectivity index (χ1) is 9.97. The molecule has 128 valence electrons. The molecule has 0 saturated carbocycles. The number of methoxy groups -OCH3 is 1. The first-order valence-corrected chi connectivity index (χ1v) is 7.63. The molecule has 0 aliphatic carbocycles. The molecule has 22 heavy (non-hydrogen) atoms. The summed E-state index contributed by atoms with van der Waals surface area (Å²) in [4.78, 5) is 4.63. The monoisotopic (exact) mass is 422 g/mol. The number of rotatable bonds is 7. The molecule has 1 unspecified atom stereocenters. The van der Waals surface area contributed by atoms with Gasteiger partial charge in [0.05, 0.1) is 12.6 Å². The quantitative estimate of drug-likeness (QED) is 0.404. The van der Waals surface area contributed by atoms with Crippen LogP contribution in [-0.2, 0) is 11.3 Å². The highest BCUT2D eigenvalue weighted by molar-refractivity contribution is 14.0. The van der Waals surface area contributed by atoms with Gasteiger partial charge in [0, 0.05) is 39.1 Å². The van der Waals surface area contributed by atoms with E-state index in [9.17, 15) is 0 Å².